The van der Waals surface area contributed by atoms with Crippen molar-refractivity contribution in [1.29, 1.82) is 0 Å². The molecule has 1 amide bonds. The molecule has 5 aliphatic rings. The zero-order chi connectivity index (χ0) is 19.9. The average Bonchev–Trinajstić information content (AvgIpc) is 3.37. The molecule has 0 spiro atoms. The summed E-state index contributed by atoms with van der Waals surface area (Å²) in [5, 5.41) is 11.8. The molecule has 3 unspecified atom stereocenters. The molecule has 3 atom stereocenters. The summed E-state index contributed by atoms with van der Waals surface area (Å²) in [6.07, 6.45) is 9.01. The summed E-state index contributed by atoms with van der Waals surface area (Å²) in [6, 6.07) is 3.79. The molecule has 3 aliphatic carbocycles. The smallest absolute Gasteiger partial charge is 0.223 e. The van der Waals surface area contributed by atoms with Gasteiger partial charge in [0, 0.05) is 41.2 Å². The van der Waals surface area contributed by atoms with Crippen molar-refractivity contribution in [1.82, 2.24) is 9.88 Å². The van der Waals surface area contributed by atoms with Gasteiger partial charge >= 0.3 is 0 Å². The van der Waals surface area contributed by atoms with Crippen LogP contribution < -0.4 is 0 Å². The van der Waals surface area contributed by atoms with E-state index in [0.29, 0.717) is 18.3 Å². The van der Waals surface area contributed by atoms with Crippen molar-refractivity contribution in [2.45, 2.75) is 87.8 Å². The average molecular weight is 397 g/mol. The first-order chi connectivity index (χ1) is 13.9. The van der Waals surface area contributed by atoms with Gasteiger partial charge in [0.25, 0.3) is 0 Å². The van der Waals surface area contributed by atoms with Crippen LogP contribution in [0.2, 0.25) is 0 Å². The second kappa shape index (κ2) is 6.07. The molecule has 4 bridgehead atoms. The zero-order valence-electron chi connectivity index (χ0n) is 17.0. The fourth-order valence-corrected chi connectivity index (χ4v) is 6.88. The minimum atomic E-state index is -0.535. The number of halogens is 1. The van der Waals surface area contributed by atoms with Gasteiger partial charge in [0.2, 0.25) is 5.91 Å². The number of carbonyl (C=O) groups excluding carboxylic acids is 1. The first-order valence-corrected chi connectivity index (χ1v) is 11.2. The molecule has 1 aromatic carbocycles. The number of benzene rings is 1. The van der Waals surface area contributed by atoms with Crippen molar-refractivity contribution in [3.8, 4) is 0 Å². The Labute approximate surface area is 170 Å². The fraction of sp³-hybridized carbons (Fsp3) is 0.625. The zero-order valence-corrected chi connectivity index (χ0v) is 17.0. The van der Waals surface area contributed by atoms with E-state index in [4.69, 9.17) is 0 Å². The Bertz CT molecular complexity index is 978. The van der Waals surface area contributed by atoms with E-state index in [0.717, 1.165) is 67.0 Å². The van der Waals surface area contributed by atoms with Crippen molar-refractivity contribution < 1.29 is 14.3 Å². The Kier molecular flexibility index (Phi) is 3.75. The SMILES string of the molecule is CC(CC(=O)N1C2CC3CC1CC(O)(C3)C2)c1c[nH]c2ccc(F)c(C3CC3)c12. The van der Waals surface area contributed by atoms with Gasteiger partial charge in [-0.25, -0.2) is 4.39 Å². The Balaban J connectivity index is 1.27. The molecule has 2 N–H and O–H groups in total. The van der Waals surface area contributed by atoms with E-state index in [1.54, 1.807) is 6.07 Å². The summed E-state index contributed by atoms with van der Waals surface area (Å²) >= 11 is 0. The van der Waals surface area contributed by atoms with Crippen LogP contribution in [-0.4, -0.2) is 38.6 Å². The lowest BCUT2D eigenvalue weighted by atomic mass is 9.61. The number of piperidine rings is 2. The maximum absolute atomic E-state index is 14.6. The highest BCUT2D eigenvalue weighted by Gasteiger charge is 2.55. The van der Waals surface area contributed by atoms with E-state index in [9.17, 15) is 14.3 Å². The molecule has 0 radical (unpaired) electrons. The first-order valence-electron chi connectivity index (χ1n) is 11.2. The minimum Gasteiger partial charge on any atom is -0.390 e. The van der Waals surface area contributed by atoms with E-state index in [1.165, 1.54) is 0 Å². The van der Waals surface area contributed by atoms with Crippen LogP contribution in [0.15, 0.2) is 18.3 Å². The van der Waals surface area contributed by atoms with Crippen LogP contribution in [-0.2, 0) is 4.79 Å². The molecular weight excluding hydrogens is 367 g/mol. The molecule has 2 aliphatic heterocycles. The molecule has 29 heavy (non-hydrogen) atoms. The molecule has 5 heteroatoms. The van der Waals surface area contributed by atoms with Gasteiger partial charge in [-0.15, -0.1) is 0 Å². The van der Waals surface area contributed by atoms with E-state index >= 15 is 0 Å². The molecule has 2 aromatic rings. The number of aromatic amines is 1. The number of amides is 1. The quantitative estimate of drug-likeness (QED) is 0.795. The Morgan fingerprint density at radius 1 is 1.28 bits per heavy atom. The minimum absolute atomic E-state index is 0.0378. The maximum Gasteiger partial charge on any atom is 0.223 e. The lowest BCUT2D eigenvalue weighted by Crippen LogP contribution is -2.65. The Morgan fingerprint density at radius 3 is 2.66 bits per heavy atom. The molecule has 4 nitrogen and oxygen atoms in total. The van der Waals surface area contributed by atoms with Crippen molar-refractivity contribution >= 4 is 16.8 Å². The molecule has 7 rings (SSSR count). The first kappa shape index (κ1) is 17.9. The van der Waals surface area contributed by atoms with Crippen LogP contribution in [0.3, 0.4) is 0 Å². The molecule has 5 fully saturated rings. The van der Waals surface area contributed by atoms with E-state index < -0.39 is 5.60 Å². The summed E-state index contributed by atoms with van der Waals surface area (Å²) in [4.78, 5) is 18.8. The van der Waals surface area contributed by atoms with Gasteiger partial charge in [-0.2, -0.15) is 0 Å². The maximum atomic E-state index is 14.6. The van der Waals surface area contributed by atoms with Gasteiger partial charge in [0.15, 0.2) is 0 Å². The topological polar surface area (TPSA) is 56.3 Å². The number of aromatic nitrogens is 1. The fourth-order valence-electron chi connectivity index (χ4n) is 6.88. The van der Waals surface area contributed by atoms with Crippen molar-refractivity contribution in [2.75, 3.05) is 0 Å². The van der Waals surface area contributed by atoms with Crippen LogP contribution >= 0.6 is 0 Å². The van der Waals surface area contributed by atoms with Gasteiger partial charge in [-0.3, -0.25) is 4.79 Å². The molecule has 2 saturated heterocycles. The molecule has 1 aromatic heterocycles. The third kappa shape index (κ3) is 2.77. The number of H-pyrrole nitrogens is 1. The second-order valence-corrected chi connectivity index (χ2v) is 10.3. The normalized spacial score (nSPS) is 34.2. The molecular formula is C24H29FN2O2. The number of fused-ring (bicyclic) bond motifs is 1. The lowest BCUT2D eigenvalue weighted by Gasteiger charge is -2.59. The molecule has 3 saturated carbocycles. The Morgan fingerprint density at radius 2 is 2.00 bits per heavy atom. The Hall–Kier alpha value is -1.88. The van der Waals surface area contributed by atoms with Crippen molar-refractivity contribution in [3.05, 3.63) is 35.3 Å². The standard InChI is InChI=1S/C24H29FN2O2/c1-13(18-12-26-20-5-4-19(25)22(23(18)20)15-2-3-15)6-21(28)27-16-7-14-8-17(27)11-24(29,9-14)10-16/h4-5,12-17,26,29H,2-3,6-11H2,1H3. The van der Waals surface area contributed by atoms with Gasteiger partial charge in [-0.1, -0.05) is 6.92 Å². The number of hydrogen-bond donors (Lipinski definition) is 2. The highest BCUT2D eigenvalue weighted by atomic mass is 19.1. The monoisotopic (exact) mass is 396 g/mol. The summed E-state index contributed by atoms with van der Waals surface area (Å²) in [7, 11) is 0. The van der Waals surface area contributed by atoms with Gasteiger partial charge < -0.3 is 15.0 Å². The predicted octanol–water partition coefficient (Wildman–Crippen LogP) is 4.58. The van der Waals surface area contributed by atoms with Crippen LogP contribution in [0.4, 0.5) is 4.39 Å². The third-order valence-corrected chi connectivity index (χ3v) is 8.05. The largest absolute Gasteiger partial charge is 0.390 e. The van der Waals surface area contributed by atoms with Crippen LogP contribution in [0.5, 0.6) is 0 Å². The number of hydrogen-bond acceptors (Lipinski definition) is 2. The third-order valence-electron chi connectivity index (χ3n) is 8.05. The van der Waals surface area contributed by atoms with E-state index in [2.05, 4.69) is 16.8 Å². The second-order valence-electron chi connectivity index (χ2n) is 10.3. The van der Waals surface area contributed by atoms with E-state index in [1.807, 2.05) is 12.3 Å². The van der Waals surface area contributed by atoms with Crippen LogP contribution in [0.1, 0.15) is 81.3 Å². The van der Waals surface area contributed by atoms with Crippen molar-refractivity contribution in [2.24, 2.45) is 5.92 Å². The van der Waals surface area contributed by atoms with Crippen LogP contribution in [0, 0.1) is 11.7 Å². The van der Waals surface area contributed by atoms with Gasteiger partial charge in [0.1, 0.15) is 5.82 Å². The summed E-state index contributed by atoms with van der Waals surface area (Å²) in [6.45, 7) is 2.09. The number of nitrogens with one attached hydrogen (secondary N) is 1. The number of nitrogens with zero attached hydrogens (tertiary/aromatic N) is 1. The molecule has 154 valence electrons. The lowest BCUT2D eigenvalue weighted by molar-refractivity contribution is -0.174. The number of aliphatic hydroxyl groups is 1. The number of rotatable bonds is 4. The van der Waals surface area contributed by atoms with Crippen molar-refractivity contribution in [3.63, 3.8) is 0 Å². The summed E-state index contributed by atoms with van der Waals surface area (Å²) < 4.78 is 14.6. The summed E-state index contributed by atoms with van der Waals surface area (Å²) in [5.74, 6) is 1.03. The van der Waals surface area contributed by atoms with Crippen LogP contribution in [0.25, 0.3) is 10.9 Å². The predicted molar refractivity (Wildman–Crippen MR) is 109 cm³/mol. The molecule has 3 heterocycles. The van der Waals surface area contributed by atoms with E-state index in [-0.39, 0.29) is 29.7 Å². The summed E-state index contributed by atoms with van der Waals surface area (Å²) in [5.41, 5.74) is 2.35. The number of carbonyl (C=O) groups is 1. The van der Waals surface area contributed by atoms with Gasteiger partial charge in [0.05, 0.1) is 5.60 Å². The van der Waals surface area contributed by atoms with Gasteiger partial charge in [-0.05, 0) is 80.4 Å². The highest BCUT2D eigenvalue weighted by Crippen LogP contribution is 2.52. The highest BCUT2D eigenvalue weighted by molar-refractivity contribution is 5.89.